The molecule has 1 N–H and O–H groups in total. The smallest absolute Gasteiger partial charge is 0.330 e. The predicted octanol–water partition coefficient (Wildman–Crippen LogP) is 2.25. The van der Waals surface area contributed by atoms with E-state index in [-0.39, 0.29) is 5.97 Å². The van der Waals surface area contributed by atoms with Crippen molar-refractivity contribution in [2.75, 3.05) is 13.7 Å². The van der Waals surface area contributed by atoms with Crippen molar-refractivity contribution in [2.45, 2.75) is 32.2 Å². The average Bonchev–Trinajstić information content (AvgIpc) is 2.45. The molecule has 0 saturated heterocycles. The fraction of sp³-hybridized carbons (Fsp3) is 0.438. The molecule has 19 heavy (non-hydrogen) atoms. The van der Waals surface area contributed by atoms with Crippen LogP contribution in [0.3, 0.4) is 0 Å². The van der Waals surface area contributed by atoms with E-state index in [9.17, 15) is 4.79 Å². The number of aryl methyl sites for hydroxylation is 1. The third kappa shape index (κ3) is 3.59. The summed E-state index contributed by atoms with van der Waals surface area (Å²) in [7, 11) is 1.38. The van der Waals surface area contributed by atoms with Crippen molar-refractivity contribution in [3.8, 4) is 12.3 Å². The maximum atomic E-state index is 12.0. The van der Waals surface area contributed by atoms with Crippen LogP contribution in [-0.2, 0) is 21.5 Å². The zero-order valence-electron chi connectivity index (χ0n) is 11.8. The number of carbonyl (C=O) groups is 1. The fourth-order valence-electron chi connectivity index (χ4n) is 2.02. The van der Waals surface area contributed by atoms with Crippen molar-refractivity contribution >= 4 is 5.97 Å². The summed E-state index contributed by atoms with van der Waals surface area (Å²) in [5.41, 5.74) is 1.20. The molecule has 102 valence electrons. The number of rotatable bonds is 6. The van der Waals surface area contributed by atoms with Gasteiger partial charge in [0.2, 0.25) is 0 Å². The van der Waals surface area contributed by atoms with Gasteiger partial charge in [-0.3, -0.25) is 5.32 Å². The number of carbonyl (C=O) groups excluding carboxylic acids is 1. The molecule has 0 fully saturated rings. The molecule has 0 radical (unpaired) electrons. The number of hydrogen-bond acceptors (Lipinski definition) is 3. The molecule has 1 unspecified atom stereocenters. The zero-order valence-corrected chi connectivity index (χ0v) is 11.8. The van der Waals surface area contributed by atoms with Crippen LogP contribution in [0.1, 0.15) is 31.4 Å². The quantitative estimate of drug-likeness (QED) is 0.629. The highest BCUT2D eigenvalue weighted by Gasteiger charge is 2.35. The van der Waals surface area contributed by atoms with Gasteiger partial charge in [-0.1, -0.05) is 43.5 Å². The second-order valence-corrected chi connectivity index (χ2v) is 4.62. The Morgan fingerprint density at radius 2 is 2.05 bits per heavy atom. The van der Waals surface area contributed by atoms with Crippen LogP contribution in [0.2, 0.25) is 0 Å². The number of esters is 1. The first-order valence-corrected chi connectivity index (χ1v) is 6.44. The summed E-state index contributed by atoms with van der Waals surface area (Å²) in [6.07, 6.45) is 7.39. The molecule has 1 atom stereocenters. The van der Waals surface area contributed by atoms with Gasteiger partial charge in [-0.2, -0.15) is 0 Å². The first-order chi connectivity index (χ1) is 9.08. The van der Waals surface area contributed by atoms with Crippen LogP contribution in [0.5, 0.6) is 0 Å². The van der Waals surface area contributed by atoms with E-state index in [1.807, 2.05) is 24.3 Å². The molecule has 1 rings (SSSR count). The molecule has 0 bridgehead atoms. The summed E-state index contributed by atoms with van der Waals surface area (Å²) < 4.78 is 4.87. The minimum absolute atomic E-state index is 0.308. The Hall–Kier alpha value is -1.79. The minimum atomic E-state index is -0.911. The maximum Gasteiger partial charge on any atom is 0.330 e. The Morgan fingerprint density at radius 1 is 1.42 bits per heavy atom. The normalized spacial score (nSPS) is 13.4. The summed E-state index contributed by atoms with van der Waals surface area (Å²) in [5, 5.41) is 3.05. The van der Waals surface area contributed by atoms with Crippen molar-refractivity contribution in [1.29, 1.82) is 0 Å². The van der Waals surface area contributed by atoms with E-state index in [1.54, 1.807) is 6.92 Å². The SMILES string of the molecule is C#CCNC(C)(C(=O)OC)c1ccc(CCC)cc1. The second kappa shape index (κ2) is 6.96. The Bertz CT molecular complexity index is 459. The van der Waals surface area contributed by atoms with Crippen molar-refractivity contribution in [1.82, 2.24) is 5.32 Å². The standard InChI is InChI=1S/C16H21NO2/c1-5-7-13-8-10-14(11-9-13)16(3,15(18)19-4)17-12-6-2/h2,8-11,17H,5,7,12H2,1,3-4H3. The van der Waals surface area contributed by atoms with Gasteiger partial charge < -0.3 is 4.74 Å². The Labute approximate surface area is 115 Å². The van der Waals surface area contributed by atoms with Crippen molar-refractivity contribution in [3.63, 3.8) is 0 Å². The molecule has 0 saturated carbocycles. The molecule has 3 nitrogen and oxygen atoms in total. The summed E-state index contributed by atoms with van der Waals surface area (Å²) >= 11 is 0. The molecule has 3 heteroatoms. The van der Waals surface area contributed by atoms with Crippen LogP contribution in [-0.4, -0.2) is 19.6 Å². The molecule has 0 aromatic heterocycles. The van der Waals surface area contributed by atoms with Gasteiger partial charge in [0.25, 0.3) is 0 Å². The van der Waals surface area contributed by atoms with Gasteiger partial charge >= 0.3 is 5.97 Å². The van der Waals surface area contributed by atoms with Crippen LogP contribution in [0, 0.1) is 12.3 Å². The zero-order chi connectivity index (χ0) is 14.3. The van der Waals surface area contributed by atoms with Crippen molar-refractivity contribution < 1.29 is 9.53 Å². The lowest BCUT2D eigenvalue weighted by atomic mass is 9.90. The van der Waals surface area contributed by atoms with Crippen LogP contribution in [0.15, 0.2) is 24.3 Å². The number of terminal acetylenes is 1. The van der Waals surface area contributed by atoms with Crippen LogP contribution in [0.25, 0.3) is 0 Å². The lowest BCUT2D eigenvalue weighted by Crippen LogP contribution is -2.47. The average molecular weight is 259 g/mol. The molecule has 0 aliphatic rings. The van der Waals surface area contributed by atoms with Crippen LogP contribution >= 0.6 is 0 Å². The summed E-state index contributed by atoms with van der Waals surface area (Å²) in [5.74, 6) is 2.14. The molecular weight excluding hydrogens is 238 g/mol. The summed E-state index contributed by atoms with van der Waals surface area (Å²) in [4.78, 5) is 12.0. The topological polar surface area (TPSA) is 38.3 Å². The van der Waals surface area contributed by atoms with Gasteiger partial charge in [-0.25, -0.2) is 4.79 Å². The van der Waals surface area contributed by atoms with Crippen LogP contribution < -0.4 is 5.32 Å². The molecule has 0 spiro atoms. The van der Waals surface area contributed by atoms with E-state index in [1.165, 1.54) is 12.7 Å². The predicted molar refractivity (Wildman–Crippen MR) is 76.6 cm³/mol. The van der Waals surface area contributed by atoms with Crippen molar-refractivity contribution in [3.05, 3.63) is 35.4 Å². The highest BCUT2D eigenvalue weighted by Crippen LogP contribution is 2.23. The number of nitrogens with one attached hydrogen (secondary N) is 1. The minimum Gasteiger partial charge on any atom is -0.467 e. The first-order valence-electron chi connectivity index (χ1n) is 6.44. The fourth-order valence-corrected chi connectivity index (χ4v) is 2.02. The van der Waals surface area contributed by atoms with Crippen LogP contribution in [0.4, 0.5) is 0 Å². The van der Waals surface area contributed by atoms with Gasteiger partial charge in [0.15, 0.2) is 0 Å². The molecule has 0 heterocycles. The van der Waals surface area contributed by atoms with E-state index in [0.717, 1.165) is 18.4 Å². The third-order valence-electron chi connectivity index (χ3n) is 3.21. The van der Waals surface area contributed by atoms with E-state index in [2.05, 4.69) is 18.2 Å². The number of benzene rings is 1. The molecule has 0 aliphatic heterocycles. The third-order valence-corrected chi connectivity index (χ3v) is 3.21. The first kappa shape index (κ1) is 15.3. The maximum absolute atomic E-state index is 12.0. The number of ether oxygens (including phenoxy) is 1. The second-order valence-electron chi connectivity index (χ2n) is 4.62. The van der Waals surface area contributed by atoms with Gasteiger partial charge in [0.1, 0.15) is 5.54 Å². The van der Waals surface area contributed by atoms with E-state index in [4.69, 9.17) is 11.2 Å². The Morgan fingerprint density at radius 3 is 2.53 bits per heavy atom. The number of methoxy groups -OCH3 is 1. The number of hydrogen-bond donors (Lipinski definition) is 1. The molecule has 1 aromatic carbocycles. The van der Waals surface area contributed by atoms with Gasteiger partial charge in [0.05, 0.1) is 13.7 Å². The Balaban J connectivity index is 3.04. The van der Waals surface area contributed by atoms with E-state index in [0.29, 0.717) is 6.54 Å². The molecule has 1 aromatic rings. The lowest BCUT2D eigenvalue weighted by Gasteiger charge is -2.27. The van der Waals surface area contributed by atoms with Gasteiger partial charge in [-0.05, 0) is 24.5 Å². The van der Waals surface area contributed by atoms with E-state index < -0.39 is 5.54 Å². The van der Waals surface area contributed by atoms with Gasteiger partial charge in [-0.15, -0.1) is 6.42 Å². The monoisotopic (exact) mass is 259 g/mol. The summed E-state index contributed by atoms with van der Waals surface area (Å²) in [6.45, 7) is 4.23. The Kier molecular flexibility index (Phi) is 5.59. The molecule has 0 amide bonds. The van der Waals surface area contributed by atoms with Crippen molar-refractivity contribution in [2.24, 2.45) is 0 Å². The summed E-state index contributed by atoms with van der Waals surface area (Å²) in [6, 6.07) is 7.98. The lowest BCUT2D eigenvalue weighted by molar-refractivity contribution is -0.148. The molecule has 0 aliphatic carbocycles. The molecular formula is C16H21NO2. The highest BCUT2D eigenvalue weighted by atomic mass is 16.5. The van der Waals surface area contributed by atoms with E-state index >= 15 is 0 Å². The largest absolute Gasteiger partial charge is 0.467 e. The van der Waals surface area contributed by atoms with Gasteiger partial charge in [0, 0.05) is 0 Å². The highest BCUT2D eigenvalue weighted by molar-refractivity contribution is 5.82.